The predicted octanol–water partition coefficient (Wildman–Crippen LogP) is 5.85. The van der Waals surface area contributed by atoms with Gasteiger partial charge in [-0.25, -0.2) is 9.78 Å². The number of hydrogen-bond acceptors (Lipinski definition) is 4. The number of fused-ring (bicyclic) bond motifs is 1. The van der Waals surface area contributed by atoms with Gasteiger partial charge in [-0.2, -0.15) is 0 Å². The highest BCUT2D eigenvalue weighted by Gasteiger charge is 2.17. The number of nitrogens with two attached hydrogens (primary N) is 1. The molecule has 0 saturated carbocycles. The minimum Gasteiger partial charge on any atom is -0.489 e. The molecule has 4 rings (SSSR count). The van der Waals surface area contributed by atoms with Gasteiger partial charge in [-0.05, 0) is 72.1 Å². The Morgan fingerprint density at radius 1 is 1.16 bits per heavy atom. The number of halogens is 2. The van der Waals surface area contributed by atoms with Crippen molar-refractivity contribution in [2.75, 3.05) is 6.54 Å². The van der Waals surface area contributed by atoms with Crippen LogP contribution in [0.25, 0.3) is 16.9 Å². The average molecular weight is 601 g/mol. The molecule has 0 bridgehead atoms. The second kappa shape index (κ2) is 12.8. The Hall–Kier alpha value is -3.56. The number of rotatable bonds is 9. The van der Waals surface area contributed by atoms with Gasteiger partial charge in [-0.1, -0.05) is 43.3 Å². The van der Waals surface area contributed by atoms with Gasteiger partial charge >= 0.3 is 6.03 Å². The molecule has 0 unspecified atom stereocenters. The van der Waals surface area contributed by atoms with E-state index in [2.05, 4.69) is 26.6 Å². The number of urea groups is 1. The van der Waals surface area contributed by atoms with Crippen molar-refractivity contribution < 1.29 is 14.3 Å². The van der Waals surface area contributed by atoms with Gasteiger partial charge in [-0.15, -0.1) is 0 Å². The van der Waals surface area contributed by atoms with Crippen LogP contribution in [0.3, 0.4) is 0 Å². The highest BCUT2D eigenvalue weighted by Crippen LogP contribution is 2.27. The summed E-state index contributed by atoms with van der Waals surface area (Å²) in [6.07, 6.45) is 4.35. The first kappa shape index (κ1) is 29.0. The van der Waals surface area contributed by atoms with Crippen LogP contribution in [0.4, 0.5) is 4.79 Å². The molecule has 2 heterocycles. The van der Waals surface area contributed by atoms with E-state index in [9.17, 15) is 9.59 Å². The van der Waals surface area contributed by atoms with Crippen molar-refractivity contribution in [3.05, 3.63) is 87.6 Å². The van der Waals surface area contributed by atoms with E-state index < -0.39 is 12.1 Å². The number of benzene rings is 2. The first-order valence-electron chi connectivity index (χ1n) is 11.7. The molecule has 2 aromatic carbocycles. The summed E-state index contributed by atoms with van der Waals surface area (Å²) in [5, 5.41) is 5.90. The van der Waals surface area contributed by atoms with Crippen molar-refractivity contribution >= 4 is 45.1 Å². The molecule has 8 nitrogen and oxygen atoms in total. The standard InChI is InChI=1S/C27H27BrClN5O3.CH4/c1-16(2)37-24-10-9-19(13-22(24)29)26(35)32-20(14-31-27(30)36)12-17-5-7-18(8-6-17)23-15-34-11-3-4-21(28)25(34)33-23;/h3-11,13,15-16,20H,12,14H2,1-2H3,(H,32,35)(H3,30,31,36);1H4/t20-;/m0./s1. The largest absolute Gasteiger partial charge is 0.489 e. The quantitative estimate of drug-likeness (QED) is 0.224. The fraction of sp³-hybridized carbons (Fsp3) is 0.250. The lowest BCUT2D eigenvalue weighted by atomic mass is 10.0. The number of primary amides is 1. The second-order valence-corrected chi connectivity index (χ2v) is 10.1. The lowest BCUT2D eigenvalue weighted by Gasteiger charge is -2.20. The number of pyridine rings is 1. The van der Waals surface area contributed by atoms with Crippen molar-refractivity contribution in [2.45, 2.75) is 39.8 Å². The molecule has 0 radical (unpaired) electrons. The van der Waals surface area contributed by atoms with E-state index in [1.807, 2.05) is 67.0 Å². The number of imidazole rings is 1. The van der Waals surface area contributed by atoms with Crippen LogP contribution in [0.5, 0.6) is 5.75 Å². The number of carbonyl (C=O) groups is 2. The summed E-state index contributed by atoms with van der Waals surface area (Å²) >= 11 is 9.83. The van der Waals surface area contributed by atoms with Gasteiger partial charge in [0.15, 0.2) is 5.65 Å². The number of carbonyl (C=O) groups excluding carboxylic acids is 2. The predicted molar refractivity (Wildman–Crippen MR) is 155 cm³/mol. The van der Waals surface area contributed by atoms with Gasteiger partial charge in [0.2, 0.25) is 0 Å². The molecule has 4 N–H and O–H groups in total. The number of ether oxygens (including phenoxy) is 1. The second-order valence-electron chi connectivity index (χ2n) is 8.84. The third kappa shape index (κ3) is 7.26. The Bertz CT molecular complexity index is 1420. The fourth-order valence-electron chi connectivity index (χ4n) is 3.87. The third-order valence-electron chi connectivity index (χ3n) is 5.58. The molecule has 2 aromatic heterocycles. The normalized spacial score (nSPS) is 11.6. The summed E-state index contributed by atoms with van der Waals surface area (Å²) < 4.78 is 8.51. The van der Waals surface area contributed by atoms with Crippen LogP contribution in [0, 0.1) is 0 Å². The molecular formula is C28H31BrClN5O3. The Balaban J connectivity index is 0.00000400. The van der Waals surface area contributed by atoms with E-state index in [1.165, 1.54) is 0 Å². The SMILES string of the molecule is C.CC(C)Oc1ccc(C(=O)N[C@H](CNC(N)=O)Cc2ccc(-c3cn4cccc(Br)c4n3)cc2)cc1Cl. The van der Waals surface area contributed by atoms with E-state index in [0.717, 1.165) is 26.9 Å². The van der Waals surface area contributed by atoms with Crippen LogP contribution in [0.2, 0.25) is 5.02 Å². The minimum absolute atomic E-state index is 0. The van der Waals surface area contributed by atoms with Crippen LogP contribution < -0.4 is 21.1 Å². The lowest BCUT2D eigenvalue weighted by molar-refractivity contribution is 0.0936. The molecule has 200 valence electrons. The summed E-state index contributed by atoms with van der Waals surface area (Å²) in [4.78, 5) is 29.0. The summed E-state index contributed by atoms with van der Waals surface area (Å²) in [6, 6.07) is 15.6. The number of nitrogens with one attached hydrogen (secondary N) is 2. The number of aromatic nitrogens is 2. The molecule has 4 aromatic rings. The van der Waals surface area contributed by atoms with Gasteiger partial charge in [0, 0.05) is 30.1 Å². The molecule has 0 aliphatic rings. The first-order chi connectivity index (χ1) is 17.7. The maximum absolute atomic E-state index is 13.0. The third-order valence-corrected chi connectivity index (χ3v) is 6.50. The molecule has 10 heteroatoms. The monoisotopic (exact) mass is 599 g/mol. The molecule has 0 saturated heterocycles. The van der Waals surface area contributed by atoms with Crippen molar-refractivity contribution in [3.63, 3.8) is 0 Å². The van der Waals surface area contributed by atoms with Crippen LogP contribution in [0.15, 0.2) is 71.5 Å². The van der Waals surface area contributed by atoms with Crippen molar-refractivity contribution in [3.8, 4) is 17.0 Å². The minimum atomic E-state index is -0.661. The summed E-state index contributed by atoms with van der Waals surface area (Å²) in [5.41, 5.74) is 9.29. The fourth-order valence-corrected chi connectivity index (χ4v) is 4.54. The number of nitrogens with zero attached hydrogens (tertiary/aromatic N) is 2. The van der Waals surface area contributed by atoms with E-state index in [0.29, 0.717) is 22.8 Å². The zero-order chi connectivity index (χ0) is 26.5. The van der Waals surface area contributed by atoms with Gasteiger partial charge in [-0.3, -0.25) is 4.79 Å². The highest BCUT2D eigenvalue weighted by molar-refractivity contribution is 9.10. The van der Waals surface area contributed by atoms with E-state index in [4.69, 9.17) is 27.1 Å². The molecule has 0 fully saturated rings. The Labute approximate surface area is 235 Å². The van der Waals surface area contributed by atoms with Gasteiger partial charge in [0.1, 0.15) is 5.75 Å². The van der Waals surface area contributed by atoms with E-state index >= 15 is 0 Å². The van der Waals surface area contributed by atoms with Gasteiger partial charge < -0.3 is 25.5 Å². The molecule has 38 heavy (non-hydrogen) atoms. The Morgan fingerprint density at radius 2 is 1.89 bits per heavy atom. The molecule has 1 atom stereocenters. The van der Waals surface area contributed by atoms with Crippen LogP contribution in [-0.2, 0) is 6.42 Å². The topological polar surface area (TPSA) is 111 Å². The summed E-state index contributed by atoms with van der Waals surface area (Å²) in [5.74, 6) is 0.194. The maximum atomic E-state index is 13.0. The van der Waals surface area contributed by atoms with E-state index in [1.54, 1.807) is 18.2 Å². The van der Waals surface area contributed by atoms with Crippen molar-refractivity contribution in [1.29, 1.82) is 0 Å². The maximum Gasteiger partial charge on any atom is 0.312 e. The zero-order valence-electron chi connectivity index (χ0n) is 20.4. The average Bonchev–Trinajstić information content (AvgIpc) is 3.30. The molecule has 0 aliphatic carbocycles. The summed E-state index contributed by atoms with van der Waals surface area (Å²) in [6.45, 7) is 3.97. The van der Waals surface area contributed by atoms with Gasteiger partial charge in [0.25, 0.3) is 5.91 Å². The molecule has 3 amide bonds. The van der Waals surface area contributed by atoms with Crippen LogP contribution >= 0.6 is 27.5 Å². The Kier molecular flexibility index (Phi) is 9.77. The smallest absolute Gasteiger partial charge is 0.312 e. The van der Waals surface area contributed by atoms with Crippen LogP contribution in [0.1, 0.15) is 37.2 Å². The zero-order valence-corrected chi connectivity index (χ0v) is 22.7. The number of hydrogen-bond donors (Lipinski definition) is 3. The van der Waals surface area contributed by atoms with Crippen molar-refractivity contribution in [2.24, 2.45) is 5.73 Å². The summed E-state index contributed by atoms with van der Waals surface area (Å²) in [7, 11) is 0. The Morgan fingerprint density at radius 3 is 2.53 bits per heavy atom. The highest BCUT2D eigenvalue weighted by atomic mass is 79.9. The molecule has 0 spiro atoms. The van der Waals surface area contributed by atoms with Gasteiger partial charge in [0.05, 0.1) is 27.3 Å². The van der Waals surface area contributed by atoms with Crippen LogP contribution in [-0.4, -0.2) is 40.0 Å². The van der Waals surface area contributed by atoms with E-state index in [-0.39, 0.29) is 26.0 Å². The lowest BCUT2D eigenvalue weighted by Crippen LogP contribution is -2.46. The first-order valence-corrected chi connectivity index (χ1v) is 12.9. The molecular weight excluding hydrogens is 570 g/mol. The molecule has 0 aliphatic heterocycles. The van der Waals surface area contributed by atoms with Crippen molar-refractivity contribution in [1.82, 2.24) is 20.0 Å². The number of amides is 3.